The van der Waals surface area contributed by atoms with E-state index in [1.54, 1.807) is 6.20 Å². The average molecular weight is 415 g/mol. The predicted octanol–water partition coefficient (Wildman–Crippen LogP) is 4.57. The van der Waals surface area contributed by atoms with Gasteiger partial charge in [0, 0.05) is 17.8 Å². The number of nitrogen functional groups attached to an aromatic ring is 1. The zero-order chi connectivity index (χ0) is 17.4. The van der Waals surface area contributed by atoms with E-state index >= 15 is 0 Å². The van der Waals surface area contributed by atoms with Crippen molar-refractivity contribution in [3.8, 4) is 17.1 Å². The molecule has 4 rings (SSSR count). The fourth-order valence-electron chi connectivity index (χ4n) is 2.70. The van der Waals surface area contributed by atoms with E-state index in [-0.39, 0.29) is 0 Å². The van der Waals surface area contributed by atoms with Crippen molar-refractivity contribution >= 4 is 44.5 Å². The Balaban J connectivity index is 2.03. The van der Waals surface area contributed by atoms with Gasteiger partial charge >= 0.3 is 0 Å². The van der Waals surface area contributed by atoms with E-state index in [9.17, 15) is 0 Å². The molecule has 124 valence electrons. The largest absolute Gasteiger partial charge is 0.383 e. The summed E-state index contributed by atoms with van der Waals surface area (Å²) in [6.45, 7) is 0. The lowest BCUT2D eigenvalue weighted by atomic mass is 10.2. The van der Waals surface area contributed by atoms with Crippen LogP contribution in [0.15, 0.2) is 59.3 Å². The molecule has 0 amide bonds. The topological polar surface area (TPSA) is 69.6 Å². The van der Waals surface area contributed by atoms with Crippen molar-refractivity contribution in [2.24, 2.45) is 0 Å². The number of hydrogen-bond donors (Lipinski definition) is 1. The summed E-state index contributed by atoms with van der Waals surface area (Å²) in [4.78, 5) is 13.5. The van der Waals surface area contributed by atoms with Crippen molar-refractivity contribution in [2.45, 2.75) is 5.88 Å². The molecular weight excluding hydrogens is 402 g/mol. The van der Waals surface area contributed by atoms with Gasteiger partial charge in [-0.1, -0.05) is 12.1 Å². The van der Waals surface area contributed by atoms with E-state index in [4.69, 9.17) is 22.3 Å². The van der Waals surface area contributed by atoms with Gasteiger partial charge in [0.2, 0.25) is 0 Å². The Kier molecular flexibility index (Phi) is 4.15. The fourth-order valence-corrected chi connectivity index (χ4v) is 3.18. The first kappa shape index (κ1) is 16.1. The van der Waals surface area contributed by atoms with Gasteiger partial charge in [-0.3, -0.25) is 4.57 Å². The molecule has 7 heteroatoms. The second-order valence-electron chi connectivity index (χ2n) is 5.48. The Morgan fingerprint density at radius 2 is 1.84 bits per heavy atom. The summed E-state index contributed by atoms with van der Waals surface area (Å²) in [5.74, 6) is 1.59. The Bertz CT molecular complexity index is 1060. The number of aromatic nitrogens is 4. The first-order valence-corrected chi connectivity index (χ1v) is 8.91. The molecule has 0 aliphatic heterocycles. The molecule has 0 saturated heterocycles. The summed E-state index contributed by atoms with van der Waals surface area (Å²) >= 11 is 9.34. The fraction of sp³-hybridized carbons (Fsp3) is 0.0556. The molecule has 3 aromatic heterocycles. The number of nitrogens with two attached hydrogens (primary N) is 1. The highest BCUT2D eigenvalue weighted by atomic mass is 79.9. The molecule has 0 unspecified atom stereocenters. The lowest BCUT2D eigenvalue weighted by molar-refractivity contribution is 1.07. The second kappa shape index (κ2) is 6.46. The summed E-state index contributed by atoms with van der Waals surface area (Å²) in [5, 5.41) is 0. The number of imidazole rings is 1. The molecule has 2 N–H and O–H groups in total. The van der Waals surface area contributed by atoms with Crippen LogP contribution in [0.2, 0.25) is 0 Å². The minimum Gasteiger partial charge on any atom is -0.383 e. The number of alkyl halides is 1. The van der Waals surface area contributed by atoms with Crippen LogP contribution in [0.25, 0.3) is 28.2 Å². The lowest BCUT2D eigenvalue weighted by Crippen LogP contribution is -2.02. The molecule has 0 aliphatic rings. The van der Waals surface area contributed by atoms with E-state index in [0.717, 1.165) is 32.6 Å². The van der Waals surface area contributed by atoms with Gasteiger partial charge in [-0.05, 0) is 57.9 Å². The van der Waals surface area contributed by atoms with Gasteiger partial charge < -0.3 is 5.73 Å². The molecule has 25 heavy (non-hydrogen) atoms. The third kappa shape index (κ3) is 2.88. The van der Waals surface area contributed by atoms with Gasteiger partial charge in [0.25, 0.3) is 0 Å². The highest BCUT2D eigenvalue weighted by Gasteiger charge is 2.17. The summed E-state index contributed by atoms with van der Waals surface area (Å²) < 4.78 is 2.72. The van der Waals surface area contributed by atoms with Gasteiger partial charge in [0.1, 0.15) is 15.9 Å². The summed E-state index contributed by atoms with van der Waals surface area (Å²) in [6.07, 6.45) is 1.66. The van der Waals surface area contributed by atoms with Crippen molar-refractivity contribution in [2.75, 3.05) is 5.73 Å². The van der Waals surface area contributed by atoms with E-state index < -0.39 is 0 Å². The molecule has 0 bridgehead atoms. The number of hydrogen-bond acceptors (Lipinski definition) is 4. The van der Waals surface area contributed by atoms with E-state index in [2.05, 4.69) is 25.9 Å². The molecule has 0 saturated carbocycles. The third-order valence-corrected chi connectivity index (χ3v) is 4.65. The van der Waals surface area contributed by atoms with Crippen molar-refractivity contribution in [3.63, 3.8) is 0 Å². The number of halogens is 2. The lowest BCUT2D eigenvalue weighted by Gasteiger charge is -2.10. The Hall–Kier alpha value is -2.44. The molecule has 3 heterocycles. The van der Waals surface area contributed by atoms with Crippen molar-refractivity contribution in [1.29, 1.82) is 0 Å². The summed E-state index contributed by atoms with van der Waals surface area (Å²) in [7, 11) is 0. The normalized spacial score (nSPS) is 11.1. The van der Waals surface area contributed by atoms with Gasteiger partial charge in [0.05, 0.1) is 5.56 Å². The van der Waals surface area contributed by atoms with Crippen LogP contribution in [0, 0.1) is 0 Å². The molecule has 0 atom stereocenters. The van der Waals surface area contributed by atoms with E-state index in [0.29, 0.717) is 17.5 Å². The average Bonchev–Trinajstić information content (AvgIpc) is 3.00. The van der Waals surface area contributed by atoms with Crippen LogP contribution in [-0.4, -0.2) is 19.5 Å². The number of nitrogens with zero attached hydrogens (tertiary/aromatic N) is 4. The van der Waals surface area contributed by atoms with Crippen molar-refractivity contribution in [3.05, 3.63) is 64.9 Å². The highest BCUT2D eigenvalue weighted by Crippen LogP contribution is 2.30. The summed E-state index contributed by atoms with van der Waals surface area (Å²) in [6, 6.07) is 15.5. The number of benzene rings is 1. The second-order valence-corrected chi connectivity index (χ2v) is 6.56. The molecule has 0 fully saturated rings. The van der Waals surface area contributed by atoms with Crippen LogP contribution in [-0.2, 0) is 5.88 Å². The SMILES string of the molecule is Nc1ncccc1-c1nc2ccc(Br)nc2n1-c1ccc(CCl)cc1. The van der Waals surface area contributed by atoms with Crippen LogP contribution in [0.1, 0.15) is 5.56 Å². The van der Waals surface area contributed by atoms with Crippen LogP contribution in [0.5, 0.6) is 0 Å². The van der Waals surface area contributed by atoms with Crippen LogP contribution >= 0.6 is 27.5 Å². The van der Waals surface area contributed by atoms with Crippen molar-refractivity contribution < 1.29 is 0 Å². The maximum absolute atomic E-state index is 6.09. The van der Waals surface area contributed by atoms with Crippen molar-refractivity contribution in [1.82, 2.24) is 19.5 Å². The molecule has 4 aromatic rings. The molecule has 1 aromatic carbocycles. The maximum Gasteiger partial charge on any atom is 0.166 e. The number of pyridine rings is 2. The molecule has 0 radical (unpaired) electrons. The Labute approximate surface area is 157 Å². The summed E-state index contributed by atoms with van der Waals surface area (Å²) in [5.41, 5.74) is 10.3. The van der Waals surface area contributed by atoms with Gasteiger partial charge in [-0.25, -0.2) is 15.0 Å². The minimum absolute atomic E-state index is 0.426. The molecule has 5 nitrogen and oxygen atoms in total. The number of fused-ring (bicyclic) bond motifs is 1. The van der Waals surface area contributed by atoms with E-state index in [1.165, 1.54) is 0 Å². The molecular formula is C18H13BrClN5. The number of anilines is 1. The van der Waals surface area contributed by atoms with Gasteiger partial charge in [-0.2, -0.15) is 0 Å². The minimum atomic E-state index is 0.426. The Morgan fingerprint density at radius 1 is 1.04 bits per heavy atom. The van der Waals surface area contributed by atoms with Crippen LogP contribution in [0.3, 0.4) is 0 Å². The third-order valence-electron chi connectivity index (χ3n) is 3.90. The number of rotatable bonds is 3. The van der Waals surface area contributed by atoms with Crippen LogP contribution in [0.4, 0.5) is 5.82 Å². The first-order valence-electron chi connectivity index (χ1n) is 7.58. The standard InChI is InChI=1S/C18H13BrClN5/c19-15-8-7-14-18(24-15)25(12-5-3-11(10-20)4-6-12)17(23-14)13-2-1-9-22-16(13)21/h1-9H,10H2,(H2,21,22). The highest BCUT2D eigenvalue weighted by molar-refractivity contribution is 9.10. The zero-order valence-electron chi connectivity index (χ0n) is 13.0. The van der Waals surface area contributed by atoms with Crippen LogP contribution < -0.4 is 5.73 Å². The van der Waals surface area contributed by atoms with E-state index in [1.807, 2.05) is 53.1 Å². The van der Waals surface area contributed by atoms with Gasteiger partial charge in [0.15, 0.2) is 11.5 Å². The maximum atomic E-state index is 6.09. The predicted molar refractivity (Wildman–Crippen MR) is 104 cm³/mol. The quantitative estimate of drug-likeness (QED) is 0.394. The molecule has 0 spiro atoms. The Morgan fingerprint density at radius 3 is 2.56 bits per heavy atom. The molecule has 0 aliphatic carbocycles. The zero-order valence-corrected chi connectivity index (χ0v) is 15.4. The van der Waals surface area contributed by atoms with Gasteiger partial charge in [-0.15, -0.1) is 11.6 Å². The first-order chi connectivity index (χ1) is 12.2. The monoisotopic (exact) mass is 413 g/mol. The smallest absolute Gasteiger partial charge is 0.166 e.